The molecule has 3 aromatic heterocycles. The Balaban J connectivity index is 1.41. The van der Waals surface area contributed by atoms with Gasteiger partial charge in [-0.15, -0.1) is 0 Å². The average Bonchev–Trinajstić information content (AvgIpc) is 3.56. The minimum atomic E-state index is 0.254. The van der Waals surface area contributed by atoms with Crippen LogP contribution in [-0.4, -0.2) is 61.6 Å². The molecule has 9 heteroatoms. The van der Waals surface area contributed by atoms with Crippen molar-refractivity contribution in [3.8, 4) is 17.1 Å². The normalized spacial score (nSPS) is 19.0. The highest BCUT2D eigenvalue weighted by Crippen LogP contribution is 2.32. The summed E-state index contributed by atoms with van der Waals surface area (Å²) in [5.41, 5.74) is 3.05. The number of ether oxygens (including phenoxy) is 1. The Morgan fingerprint density at radius 2 is 1.93 bits per heavy atom. The van der Waals surface area contributed by atoms with Gasteiger partial charge in [0.15, 0.2) is 5.82 Å². The van der Waals surface area contributed by atoms with E-state index in [0.717, 1.165) is 67.7 Å². The third-order valence-corrected chi connectivity index (χ3v) is 5.99. The molecule has 0 radical (unpaired) electrons. The van der Waals surface area contributed by atoms with Gasteiger partial charge in [-0.2, -0.15) is 5.10 Å². The second-order valence-electron chi connectivity index (χ2n) is 8.01. The second kappa shape index (κ2) is 8.06. The number of anilines is 2. The number of hydrogen-bond acceptors (Lipinski definition) is 7. The monoisotopic (exact) mass is 408 g/mol. The van der Waals surface area contributed by atoms with Crippen molar-refractivity contribution in [3.63, 3.8) is 0 Å². The van der Waals surface area contributed by atoms with E-state index in [1.165, 1.54) is 12.8 Å². The van der Waals surface area contributed by atoms with Crippen molar-refractivity contribution in [3.05, 3.63) is 30.5 Å². The van der Waals surface area contributed by atoms with Gasteiger partial charge in [0.2, 0.25) is 5.95 Å². The van der Waals surface area contributed by atoms with Crippen molar-refractivity contribution in [1.29, 1.82) is 0 Å². The quantitative estimate of drug-likeness (QED) is 0.671. The first-order valence-corrected chi connectivity index (χ1v) is 10.7. The molecule has 1 unspecified atom stereocenters. The maximum Gasteiger partial charge on any atom is 0.222 e. The third kappa shape index (κ3) is 3.54. The molecular weight excluding hydrogens is 380 g/mol. The fraction of sp³-hybridized carbons (Fsp3) is 0.524. The van der Waals surface area contributed by atoms with E-state index >= 15 is 0 Å². The third-order valence-electron chi connectivity index (χ3n) is 5.99. The van der Waals surface area contributed by atoms with Gasteiger partial charge in [0.05, 0.1) is 17.4 Å². The van der Waals surface area contributed by atoms with Crippen molar-refractivity contribution in [2.45, 2.75) is 38.7 Å². The summed E-state index contributed by atoms with van der Waals surface area (Å²) in [6.07, 6.45) is 12.3. The average molecular weight is 409 g/mol. The Labute approximate surface area is 176 Å². The highest BCUT2D eigenvalue weighted by Gasteiger charge is 2.24. The predicted octanol–water partition coefficient (Wildman–Crippen LogP) is 2.56. The number of nitrogens with zero attached hydrogens (tertiary/aromatic N) is 7. The molecule has 0 aliphatic carbocycles. The van der Waals surface area contributed by atoms with Gasteiger partial charge < -0.3 is 15.0 Å². The summed E-state index contributed by atoms with van der Waals surface area (Å²) < 4.78 is 9.70. The lowest BCUT2D eigenvalue weighted by Crippen LogP contribution is -2.20. The Kier molecular flexibility index (Phi) is 5.12. The van der Waals surface area contributed by atoms with Crippen LogP contribution in [0.1, 0.15) is 31.4 Å². The van der Waals surface area contributed by atoms with Crippen molar-refractivity contribution < 1.29 is 4.74 Å². The van der Waals surface area contributed by atoms with E-state index in [0.29, 0.717) is 5.95 Å². The first-order chi connectivity index (χ1) is 14.7. The van der Waals surface area contributed by atoms with Crippen LogP contribution in [0.25, 0.3) is 17.1 Å². The molecule has 1 atom stereocenters. The van der Waals surface area contributed by atoms with E-state index < -0.39 is 0 Å². The maximum absolute atomic E-state index is 5.65. The van der Waals surface area contributed by atoms with Crippen LogP contribution in [0.5, 0.6) is 0 Å². The molecule has 5 rings (SSSR count). The molecule has 9 nitrogen and oxygen atoms in total. The van der Waals surface area contributed by atoms with Crippen molar-refractivity contribution in [1.82, 2.24) is 29.3 Å². The Bertz CT molecular complexity index is 997. The number of aryl methyl sites for hydroxylation is 1. The van der Waals surface area contributed by atoms with Crippen LogP contribution in [0.4, 0.5) is 11.8 Å². The van der Waals surface area contributed by atoms with Crippen LogP contribution < -0.4 is 10.2 Å². The van der Waals surface area contributed by atoms with Crippen LogP contribution in [0, 0.1) is 6.92 Å². The summed E-state index contributed by atoms with van der Waals surface area (Å²) >= 11 is 0. The van der Waals surface area contributed by atoms with Gasteiger partial charge in [-0.3, -0.25) is 9.25 Å². The second-order valence-corrected chi connectivity index (χ2v) is 8.01. The van der Waals surface area contributed by atoms with Gasteiger partial charge in [-0.1, -0.05) is 0 Å². The highest BCUT2D eigenvalue weighted by molar-refractivity contribution is 5.66. The molecule has 30 heavy (non-hydrogen) atoms. The van der Waals surface area contributed by atoms with Gasteiger partial charge in [-0.05, 0) is 32.6 Å². The highest BCUT2D eigenvalue weighted by atomic mass is 16.5. The van der Waals surface area contributed by atoms with Gasteiger partial charge in [-0.25, -0.2) is 15.0 Å². The number of rotatable bonds is 6. The van der Waals surface area contributed by atoms with E-state index in [4.69, 9.17) is 9.84 Å². The molecule has 2 aliphatic rings. The standard InChI is InChI=1S/C21H28N8O/c1-15-18(20(26-27(15)2)28-8-3-4-9-28)29-10-7-22-19(29)16-12-23-21(24-13-16)25-14-17-6-5-11-30-17/h7,10,12-13,17H,3-6,8-9,11,14H2,1-2H3,(H,23,24,25). The largest absolute Gasteiger partial charge is 0.376 e. The number of hydrogen-bond donors (Lipinski definition) is 1. The molecule has 158 valence electrons. The topological polar surface area (TPSA) is 85.9 Å². The molecule has 0 spiro atoms. The zero-order valence-electron chi connectivity index (χ0n) is 17.6. The Morgan fingerprint density at radius 3 is 2.67 bits per heavy atom. The minimum Gasteiger partial charge on any atom is -0.376 e. The summed E-state index contributed by atoms with van der Waals surface area (Å²) in [6.45, 7) is 5.77. The van der Waals surface area contributed by atoms with Gasteiger partial charge in [0.25, 0.3) is 0 Å². The van der Waals surface area contributed by atoms with Crippen LogP contribution in [0.3, 0.4) is 0 Å². The lowest BCUT2D eigenvalue weighted by Gasteiger charge is -2.17. The fourth-order valence-corrected chi connectivity index (χ4v) is 4.25. The molecule has 2 aliphatic heterocycles. The fourth-order valence-electron chi connectivity index (χ4n) is 4.25. The summed E-state index contributed by atoms with van der Waals surface area (Å²) in [6, 6.07) is 0. The summed E-state index contributed by atoms with van der Waals surface area (Å²) in [5, 5.41) is 8.07. The SMILES string of the molecule is Cc1c(-n2ccnc2-c2cnc(NCC3CCCO3)nc2)c(N2CCCC2)nn1C. The predicted molar refractivity (Wildman–Crippen MR) is 115 cm³/mol. The minimum absolute atomic E-state index is 0.254. The van der Waals surface area contributed by atoms with Crippen molar-refractivity contribution in [2.24, 2.45) is 7.05 Å². The molecule has 0 bridgehead atoms. The number of nitrogens with one attached hydrogen (secondary N) is 1. The molecule has 0 aromatic carbocycles. The molecule has 2 saturated heterocycles. The molecule has 5 heterocycles. The van der Waals surface area contributed by atoms with Crippen LogP contribution in [0.2, 0.25) is 0 Å². The molecule has 1 N–H and O–H groups in total. The Morgan fingerprint density at radius 1 is 1.13 bits per heavy atom. The zero-order chi connectivity index (χ0) is 20.5. The molecule has 2 fully saturated rings. The lowest BCUT2D eigenvalue weighted by atomic mass is 10.2. The maximum atomic E-state index is 5.65. The zero-order valence-corrected chi connectivity index (χ0v) is 17.6. The van der Waals surface area contributed by atoms with Gasteiger partial charge in [0, 0.05) is 58.1 Å². The first kappa shape index (κ1) is 19.0. The summed E-state index contributed by atoms with van der Waals surface area (Å²) in [4.78, 5) is 16.0. The molecule has 0 amide bonds. The van der Waals surface area contributed by atoms with Crippen molar-refractivity contribution in [2.75, 3.05) is 36.5 Å². The van der Waals surface area contributed by atoms with Gasteiger partial charge in [0.1, 0.15) is 11.5 Å². The van der Waals surface area contributed by atoms with E-state index in [2.05, 4.69) is 36.7 Å². The van der Waals surface area contributed by atoms with Crippen LogP contribution in [-0.2, 0) is 11.8 Å². The van der Waals surface area contributed by atoms with Crippen LogP contribution >= 0.6 is 0 Å². The molecule has 0 saturated carbocycles. The van der Waals surface area contributed by atoms with Crippen molar-refractivity contribution >= 4 is 11.8 Å². The van der Waals surface area contributed by atoms with E-state index in [1.54, 1.807) is 0 Å². The number of aromatic nitrogens is 6. The number of imidazole rings is 1. The lowest BCUT2D eigenvalue weighted by molar-refractivity contribution is 0.120. The summed E-state index contributed by atoms with van der Waals surface area (Å²) in [5.74, 6) is 2.45. The molecule has 3 aromatic rings. The summed E-state index contributed by atoms with van der Waals surface area (Å²) in [7, 11) is 1.99. The van der Waals surface area contributed by atoms with E-state index in [1.807, 2.05) is 36.5 Å². The molecular formula is C21H28N8O. The van der Waals surface area contributed by atoms with Gasteiger partial charge >= 0.3 is 0 Å². The van der Waals surface area contributed by atoms with E-state index in [-0.39, 0.29) is 6.10 Å². The van der Waals surface area contributed by atoms with E-state index in [9.17, 15) is 0 Å². The van der Waals surface area contributed by atoms with Crippen LogP contribution in [0.15, 0.2) is 24.8 Å². The smallest absolute Gasteiger partial charge is 0.222 e. The first-order valence-electron chi connectivity index (χ1n) is 10.7. The Hall–Kier alpha value is -2.94.